The van der Waals surface area contributed by atoms with Gasteiger partial charge in [0.15, 0.2) is 0 Å². The molecule has 1 unspecified atom stereocenters. The number of carbonyl (C=O) groups is 1. The van der Waals surface area contributed by atoms with Gasteiger partial charge in [-0.15, -0.1) is 0 Å². The Labute approximate surface area is 182 Å². The molecule has 1 aromatic heterocycles. The van der Waals surface area contributed by atoms with E-state index in [1.54, 1.807) is 6.92 Å². The second kappa shape index (κ2) is 8.09. The summed E-state index contributed by atoms with van der Waals surface area (Å²) in [5, 5.41) is 5.10. The van der Waals surface area contributed by atoms with Gasteiger partial charge in [-0.05, 0) is 85.5 Å². The fourth-order valence-electron chi connectivity index (χ4n) is 5.42. The zero-order valence-electron chi connectivity index (χ0n) is 17.4. The number of likely N-dealkylation sites (tertiary alicyclic amines) is 1. The number of aromatic amines is 1. The Morgan fingerprint density at radius 3 is 2.83 bits per heavy atom. The summed E-state index contributed by atoms with van der Waals surface area (Å²) in [6.45, 7) is 5.02. The molecule has 2 aromatic carbocycles. The number of benzene rings is 2. The number of hydrogen-bond acceptors (Lipinski definition) is 2. The Bertz CT molecular complexity index is 1080. The van der Waals surface area contributed by atoms with Crippen LogP contribution in [0.4, 0.5) is 5.69 Å². The average Bonchev–Trinajstić information content (AvgIpc) is 3.32. The molecule has 0 bridgehead atoms. The van der Waals surface area contributed by atoms with E-state index in [9.17, 15) is 4.79 Å². The number of amides is 1. The number of fused-ring (bicyclic) bond motifs is 2. The first-order valence-electron chi connectivity index (χ1n) is 10.9. The van der Waals surface area contributed by atoms with E-state index < -0.39 is 0 Å². The van der Waals surface area contributed by atoms with Crippen LogP contribution in [0.2, 0.25) is 5.02 Å². The fraction of sp³-hybridized carbons (Fsp3) is 0.400. The topological polar surface area (TPSA) is 48.1 Å². The molecule has 1 saturated heterocycles. The second-order valence-electron chi connectivity index (χ2n) is 8.91. The van der Waals surface area contributed by atoms with Gasteiger partial charge in [0.2, 0.25) is 5.91 Å². The molecule has 1 atom stereocenters. The molecule has 156 valence electrons. The molecule has 4 nitrogen and oxygen atoms in total. The highest BCUT2D eigenvalue weighted by molar-refractivity contribution is 6.31. The number of piperidine rings is 1. The Morgan fingerprint density at radius 1 is 1.20 bits per heavy atom. The van der Waals surface area contributed by atoms with E-state index in [0.29, 0.717) is 11.8 Å². The zero-order chi connectivity index (χ0) is 20.7. The SMILES string of the molecule is CC(=O)Nc1cccc2c1CC(CN1CCC(c3c[nH]c4cc(Cl)ccc34)CC1)C2. The van der Waals surface area contributed by atoms with Crippen LogP contribution in [0.25, 0.3) is 10.9 Å². The Balaban J connectivity index is 1.20. The molecule has 2 heterocycles. The van der Waals surface area contributed by atoms with Crippen molar-refractivity contribution in [2.75, 3.05) is 25.0 Å². The summed E-state index contributed by atoms with van der Waals surface area (Å²) in [6.07, 6.45) is 6.76. The van der Waals surface area contributed by atoms with E-state index in [-0.39, 0.29) is 5.91 Å². The van der Waals surface area contributed by atoms with E-state index in [2.05, 4.69) is 39.6 Å². The first kappa shape index (κ1) is 19.7. The Kier molecular flexibility index (Phi) is 5.30. The normalized spacial score (nSPS) is 19.9. The van der Waals surface area contributed by atoms with Gasteiger partial charge in [0, 0.05) is 41.3 Å². The summed E-state index contributed by atoms with van der Waals surface area (Å²) in [5.74, 6) is 1.26. The van der Waals surface area contributed by atoms with Crippen LogP contribution in [-0.2, 0) is 17.6 Å². The van der Waals surface area contributed by atoms with Crippen LogP contribution >= 0.6 is 11.6 Å². The van der Waals surface area contributed by atoms with Crippen LogP contribution in [0.1, 0.15) is 42.4 Å². The monoisotopic (exact) mass is 421 g/mol. The number of halogens is 1. The molecule has 0 saturated carbocycles. The smallest absolute Gasteiger partial charge is 0.221 e. The van der Waals surface area contributed by atoms with Crippen LogP contribution in [-0.4, -0.2) is 35.4 Å². The summed E-state index contributed by atoms with van der Waals surface area (Å²) in [4.78, 5) is 17.5. The molecule has 3 aromatic rings. The van der Waals surface area contributed by atoms with Crippen molar-refractivity contribution in [3.8, 4) is 0 Å². The predicted octanol–water partition coefficient (Wildman–Crippen LogP) is 5.37. The molecule has 2 aliphatic rings. The van der Waals surface area contributed by atoms with Crippen molar-refractivity contribution in [1.82, 2.24) is 9.88 Å². The van der Waals surface area contributed by atoms with Gasteiger partial charge >= 0.3 is 0 Å². The molecule has 0 spiro atoms. The molecule has 5 rings (SSSR count). The number of carbonyl (C=O) groups excluding carboxylic acids is 1. The average molecular weight is 422 g/mol. The quantitative estimate of drug-likeness (QED) is 0.594. The summed E-state index contributed by atoms with van der Waals surface area (Å²) >= 11 is 6.13. The predicted molar refractivity (Wildman–Crippen MR) is 123 cm³/mol. The summed E-state index contributed by atoms with van der Waals surface area (Å²) < 4.78 is 0. The molecule has 1 amide bonds. The van der Waals surface area contributed by atoms with Crippen molar-refractivity contribution < 1.29 is 4.79 Å². The van der Waals surface area contributed by atoms with E-state index in [0.717, 1.165) is 48.7 Å². The van der Waals surface area contributed by atoms with Crippen molar-refractivity contribution in [3.05, 3.63) is 64.3 Å². The maximum absolute atomic E-state index is 11.5. The van der Waals surface area contributed by atoms with E-state index in [1.165, 1.54) is 34.9 Å². The van der Waals surface area contributed by atoms with Gasteiger partial charge in [-0.3, -0.25) is 4.79 Å². The molecule has 5 heteroatoms. The lowest BCUT2D eigenvalue weighted by molar-refractivity contribution is -0.114. The van der Waals surface area contributed by atoms with Crippen LogP contribution in [0, 0.1) is 5.92 Å². The molecule has 1 aliphatic carbocycles. The third-order valence-corrected chi connectivity index (χ3v) is 7.04. The highest BCUT2D eigenvalue weighted by atomic mass is 35.5. The van der Waals surface area contributed by atoms with Crippen molar-refractivity contribution in [1.29, 1.82) is 0 Å². The number of rotatable bonds is 4. The standard InChI is InChI=1S/C25H28ClN3O/c1-16(30)28-24-4-2-3-19-11-17(12-22(19)24)15-29-9-7-18(8-10-29)23-14-27-25-13-20(26)5-6-21(23)25/h2-6,13-14,17-18,27H,7-12,15H2,1H3,(H,28,30). The minimum absolute atomic E-state index is 0.00785. The van der Waals surface area contributed by atoms with Gasteiger partial charge in [0.05, 0.1) is 0 Å². The van der Waals surface area contributed by atoms with Crippen molar-refractivity contribution in [2.24, 2.45) is 5.92 Å². The van der Waals surface area contributed by atoms with E-state index in [4.69, 9.17) is 11.6 Å². The zero-order valence-corrected chi connectivity index (χ0v) is 18.1. The minimum Gasteiger partial charge on any atom is -0.361 e. The molecule has 30 heavy (non-hydrogen) atoms. The highest BCUT2D eigenvalue weighted by Crippen LogP contribution is 2.36. The van der Waals surface area contributed by atoms with Gasteiger partial charge < -0.3 is 15.2 Å². The molecule has 1 aliphatic heterocycles. The Hall–Kier alpha value is -2.30. The maximum Gasteiger partial charge on any atom is 0.221 e. The van der Waals surface area contributed by atoms with Crippen molar-refractivity contribution in [2.45, 2.75) is 38.5 Å². The fourth-order valence-corrected chi connectivity index (χ4v) is 5.60. The lowest BCUT2D eigenvalue weighted by Crippen LogP contribution is -2.36. The van der Waals surface area contributed by atoms with Gasteiger partial charge in [-0.1, -0.05) is 29.8 Å². The first-order valence-corrected chi connectivity index (χ1v) is 11.3. The first-order chi connectivity index (χ1) is 14.6. The summed E-state index contributed by atoms with van der Waals surface area (Å²) in [7, 11) is 0. The number of aromatic nitrogens is 1. The molecule has 1 fully saturated rings. The van der Waals surface area contributed by atoms with Crippen LogP contribution in [0.5, 0.6) is 0 Å². The second-order valence-corrected chi connectivity index (χ2v) is 9.34. The summed E-state index contributed by atoms with van der Waals surface area (Å²) in [5.41, 5.74) is 6.32. The van der Waals surface area contributed by atoms with Crippen LogP contribution < -0.4 is 5.32 Å². The maximum atomic E-state index is 11.5. The van der Waals surface area contributed by atoms with Crippen LogP contribution in [0.15, 0.2) is 42.6 Å². The number of nitrogens with one attached hydrogen (secondary N) is 2. The van der Waals surface area contributed by atoms with E-state index in [1.807, 2.05) is 18.2 Å². The van der Waals surface area contributed by atoms with Gasteiger partial charge in [-0.25, -0.2) is 0 Å². The van der Waals surface area contributed by atoms with Gasteiger partial charge in [0.25, 0.3) is 0 Å². The van der Waals surface area contributed by atoms with Gasteiger partial charge in [-0.2, -0.15) is 0 Å². The minimum atomic E-state index is 0.00785. The third kappa shape index (κ3) is 3.86. The van der Waals surface area contributed by atoms with Crippen molar-refractivity contribution >= 4 is 34.1 Å². The highest BCUT2D eigenvalue weighted by Gasteiger charge is 2.28. The number of nitrogens with zero attached hydrogens (tertiary/aromatic N) is 1. The van der Waals surface area contributed by atoms with Crippen LogP contribution in [0.3, 0.4) is 0 Å². The largest absolute Gasteiger partial charge is 0.361 e. The number of hydrogen-bond donors (Lipinski definition) is 2. The molecule has 0 radical (unpaired) electrons. The molecule has 2 N–H and O–H groups in total. The molecular formula is C25H28ClN3O. The number of H-pyrrole nitrogens is 1. The van der Waals surface area contributed by atoms with Gasteiger partial charge in [0.1, 0.15) is 0 Å². The lowest BCUT2D eigenvalue weighted by atomic mass is 9.88. The number of anilines is 1. The third-order valence-electron chi connectivity index (χ3n) is 6.80. The summed E-state index contributed by atoms with van der Waals surface area (Å²) in [6, 6.07) is 12.5. The van der Waals surface area contributed by atoms with E-state index >= 15 is 0 Å². The Morgan fingerprint density at radius 2 is 2.03 bits per heavy atom. The van der Waals surface area contributed by atoms with Crippen molar-refractivity contribution in [3.63, 3.8) is 0 Å². The lowest BCUT2D eigenvalue weighted by Gasteiger charge is -2.33. The molecular weight excluding hydrogens is 394 g/mol.